The minimum Gasteiger partial charge on any atom is -0.481 e. The second-order valence-corrected chi connectivity index (χ2v) is 5.45. The Balaban J connectivity index is 4.49. The zero-order valence-electron chi connectivity index (χ0n) is 11.6. The maximum atomic E-state index is 11.6. The van der Waals surface area contributed by atoms with Crippen molar-refractivity contribution in [1.29, 1.82) is 0 Å². The quantitative estimate of drug-likeness (QED) is 0.564. The van der Waals surface area contributed by atoms with Crippen LogP contribution in [0.15, 0.2) is 24.3 Å². The summed E-state index contributed by atoms with van der Waals surface area (Å²) in [6.07, 6.45) is 7.16. The molecule has 0 aliphatic rings. The van der Waals surface area contributed by atoms with Gasteiger partial charge in [-0.15, -0.1) is 0 Å². The van der Waals surface area contributed by atoms with E-state index in [4.69, 9.17) is 5.11 Å². The van der Waals surface area contributed by atoms with Crippen molar-refractivity contribution in [2.75, 3.05) is 0 Å². The normalized spacial score (nSPS) is 14.0. The molecule has 0 aromatic heterocycles. The van der Waals surface area contributed by atoms with Crippen LogP contribution in [0.5, 0.6) is 0 Å². The first-order chi connectivity index (χ1) is 8.24. The van der Waals surface area contributed by atoms with E-state index in [1.807, 2.05) is 33.8 Å². The third-order valence-corrected chi connectivity index (χ3v) is 2.18. The fourth-order valence-electron chi connectivity index (χ4n) is 1.63. The van der Waals surface area contributed by atoms with Crippen LogP contribution in [-0.4, -0.2) is 23.0 Å². The number of carbonyl (C=O) groups is 2. The largest absolute Gasteiger partial charge is 0.481 e. The fourth-order valence-corrected chi connectivity index (χ4v) is 1.63. The van der Waals surface area contributed by atoms with Crippen LogP contribution in [0, 0.1) is 5.41 Å². The summed E-state index contributed by atoms with van der Waals surface area (Å²) in [5, 5.41) is 11.6. The van der Waals surface area contributed by atoms with Crippen LogP contribution < -0.4 is 5.32 Å². The number of hydrogen-bond donors (Lipinski definition) is 2. The first kappa shape index (κ1) is 16.4. The molecule has 0 spiro atoms. The van der Waals surface area contributed by atoms with Gasteiger partial charge in [0.1, 0.15) is 0 Å². The van der Waals surface area contributed by atoms with E-state index in [-0.39, 0.29) is 23.8 Å². The number of allylic oxidation sites excluding steroid dienone is 3. The molecule has 0 aliphatic carbocycles. The number of carboxylic acids is 1. The highest BCUT2D eigenvalue weighted by atomic mass is 16.4. The van der Waals surface area contributed by atoms with Gasteiger partial charge < -0.3 is 10.4 Å². The molecule has 1 atom stereocenters. The van der Waals surface area contributed by atoms with E-state index < -0.39 is 5.97 Å². The van der Waals surface area contributed by atoms with E-state index in [2.05, 4.69) is 5.32 Å². The van der Waals surface area contributed by atoms with Crippen molar-refractivity contribution in [3.05, 3.63) is 24.3 Å². The number of carbonyl (C=O) groups excluding carboxylic acids is 1. The molecule has 0 saturated heterocycles. The van der Waals surface area contributed by atoms with Crippen molar-refractivity contribution in [2.45, 2.75) is 46.6 Å². The van der Waals surface area contributed by atoms with E-state index in [0.717, 1.165) is 0 Å². The Morgan fingerprint density at radius 3 is 2.33 bits per heavy atom. The molecule has 18 heavy (non-hydrogen) atoms. The number of amides is 1. The van der Waals surface area contributed by atoms with Crippen LogP contribution in [0.3, 0.4) is 0 Å². The van der Waals surface area contributed by atoms with E-state index in [9.17, 15) is 9.59 Å². The van der Waals surface area contributed by atoms with Gasteiger partial charge in [-0.05, 0) is 18.8 Å². The number of nitrogens with one attached hydrogen (secondary N) is 1. The van der Waals surface area contributed by atoms with Gasteiger partial charge in [-0.3, -0.25) is 9.59 Å². The Kier molecular flexibility index (Phi) is 7.01. The number of carboxylic acid groups (broad SMARTS) is 1. The lowest BCUT2D eigenvalue weighted by Gasteiger charge is -2.25. The van der Waals surface area contributed by atoms with Gasteiger partial charge in [0.25, 0.3) is 0 Å². The van der Waals surface area contributed by atoms with Crippen molar-refractivity contribution in [2.24, 2.45) is 5.41 Å². The third kappa shape index (κ3) is 9.63. The van der Waals surface area contributed by atoms with Crippen LogP contribution in [0.2, 0.25) is 0 Å². The maximum Gasteiger partial charge on any atom is 0.305 e. The van der Waals surface area contributed by atoms with Crippen LogP contribution in [0.4, 0.5) is 0 Å². The number of rotatable bonds is 6. The zero-order chi connectivity index (χ0) is 14.2. The van der Waals surface area contributed by atoms with E-state index in [0.29, 0.717) is 6.42 Å². The minimum atomic E-state index is -0.901. The van der Waals surface area contributed by atoms with Gasteiger partial charge in [0.2, 0.25) is 5.91 Å². The summed E-state index contributed by atoms with van der Waals surface area (Å²) < 4.78 is 0. The molecule has 0 saturated carbocycles. The maximum absolute atomic E-state index is 11.6. The van der Waals surface area contributed by atoms with Crippen molar-refractivity contribution < 1.29 is 14.7 Å². The molecule has 4 nitrogen and oxygen atoms in total. The lowest BCUT2D eigenvalue weighted by Crippen LogP contribution is -2.38. The molecule has 0 rings (SSSR count). The number of hydrogen-bond acceptors (Lipinski definition) is 2. The highest BCUT2D eigenvalue weighted by Crippen LogP contribution is 2.22. The van der Waals surface area contributed by atoms with Gasteiger partial charge in [0.05, 0.1) is 6.42 Å². The average Bonchev–Trinajstić information content (AvgIpc) is 2.13. The van der Waals surface area contributed by atoms with Gasteiger partial charge in [-0.1, -0.05) is 39.0 Å². The summed E-state index contributed by atoms with van der Waals surface area (Å²) in [5.41, 5.74) is -0.0273. The smallest absolute Gasteiger partial charge is 0.305 e. The van der Waals surface area contributed by atoms with Crippen molar-refractivity contribution in [1.82, 2.24) is 5.32 Å². The average molecular weight is 253 g/mol. The predicted molar refractivity (Wildman–Crippen MR) is 72.2 cm³/mol. The summed E-state index contributed by atoms with van der Waals surface area (Å²) in [7, 11) is 0. The Hall–Kier alpha value is -1.58. The van der Waals surface area contributed by atoms with Crippen LogP contribution in [0.25, 0.3) is 0 Å². The molecule has 2 N–H and O–H groups in total. The lowest BCUT2D eigenvalue weighted by atomic mass is 9.87. The molecule has 1 unspecified atom stereocenters. The molecular formula is C14H23NO3. The standard InChI is InChI=1S/C14H23NO3/c1-5-6-7-8-12(16)15-11(9-13(17)18)10-14(2,3)4/h5-8,11H,9-10H2,1-4H3,(H,15,16)(H,17,18). The summed E-state index contributed by atoms with van der Waals surface area (Å²) in [6, 6.07) is -0.342. The molecule has 0 heterocycles. The zero-order valence-corrected chi connectivity index (χ0v) is 11.6. The summed E-state index contributed by atoms with van der Waals surface area (Å²) in [4.78, 5) is 22.3. The molecule has 4 heteroatoms. The van der Waals surface area contributed by atoms with Crippen molar-refractivity contribution in [3.63, 3.8) is 0 Å². The summed E-state index contributed by atoms with van der Waals surface area (Å²) in [6.45, 7) is 7.91. The van der Waals surface area contributed by atoms with Gasteiger partial charge in [-0.2, -0.15) is 0 Å². The Bertz CT molecular complexity index is 337. The van der Waals surface area contributed by atoms with E-state index in [1.54, 1.807) is 12.2 Å². The fraction of sp³-hybridized carbons (Fsp3) is 0.571. The van der Waals surface area contributed by atoms with Crippen molar-refractivity contribution in [3.8, 4) is 0 Å². The Morgan fingerprint density at radius 1 is 1.28 bits per heavy atom. The van der Waals surface area contributed by atoms with Crippen molar-refractivity contribution >= 4 is 11.9 Å². The molecular weight excluding hydrogens is 230 g/mol. The van der Waals surface area contributed by atoms with Crippen LogP contribution >= 0.6 is 0 Å². The van der Waals surface area contributed by atoms with E-state index >= 15 is 0 Å². The van der Waals surface area contributed by atoms with Gasteiger partial charge >= 0.3 is 5.97 Å². The monoisotopic (exact) mass is 253 g/mol. The van der Waals surface area contributed by atoms with Gasteiger partial charge in [0.15, 0.2) is 0 Å². The molecule has 102 valence electrons. The summed E-state index contributed by atoms with van der Waals surface area (Å²) in [5.74, 6) is -1.16. The molecule has 0 bridgehead atoms. The predicted octanol–water partition coefficient (Wildman–Crippen LogP) is 2.51. The highest BCUT2D eigenvalue weighted by Gasteiger charge is 2.21. The second kappa shape index (κ2) is 7.69. The first-order valence-electron chi connectivity index (χ1n) is 6.06. The molecule has 0 aromatic rings. The second-order valence-electron chi connectivity index (χ2n) is 5.45. The van der Waals surface area contributed by atoms with E-state index in [1.165, 1.54) is 6.08 Å². The Morgan fingerprint density at radius 2 is 1.89 bits per heavy atom. The minimum absolute atomic E-state index is 0.0273. The molecule has 1 amide bonds. The SMILES string of the molecule is CC=CC=CC(=O)NC(CC(=O)O)CC(C)(C)C. The van der Waals surface area contributed by atoms with Crippen LogP contribution in [-0.2, 0) is 9.59 Å². The lowest BCUT2D eigenvalue weighted by molar-refractivity contribution is -0.137. The first-order valence-corrected chi connectivity index (χ1v) is 6.06. The third-order valence-electron chi connectivity index (χ3n) is 2.18. The topological polar surface area (TPSA) is 66.4 Å². The molecule has 0 aliphatic heterocycles. The van der Waals surface area contributed by atoms with Gasteiger partial charge in [-0.25, -0.2) is 0 Å². The molecule has 0 radical (unpaired) electrons. The van der Waals surface area contributed by atoms with Gasteiger partial charge in [0, 0.05) is 12.1 Å². The van der Waals surface area contributed by atoms with Crippen LogP contribution in [0.1, 0.15) is 40.5 Å². The highest BCUT2D eigenvalue weighted by molar-refractivity contribution is 5.88. The Labute approximate surface area is 109 Å². The molecule has 0 aromatic carbocycles. The molecule has 0 fully saturated rings. The number of aliphatic carboxylic acids is 1. The summed E-state index contributed by atoms with van der Waals surface area (Å²) >= 11 is 0.